The van der Waals surface area contributed by atoms with E-state index in [4.69, 9.17) is 16.2 Å². The van der Waals surface area contributed by atoms with E-state index >= 15 is 0 Å². The third kappa shape index (κ3) is 5.12. The Morgan fingerprint density at radius 2 is 2.15 bits per heavy atom. The first-order valence-corrected chi connectivity index (χ1v) is 9.06. The molecule has 1 aliphatic heterocycles. The normalized spacial score (nSPS) is 18.0. The average molecular weight is 380 g/mol. The van der Waals surface area contributed by atoms with Crippen molar-refractivity contribution in [3.8, 4) is 0 Å². The third-order valence-corrected chi connectivity index (χ3v) is 4.67. The van der Waals surface area contributed by atoms with Crippen molar-refractivity contribution in [2.45, 2.75) is 25.3 Å². The van der Waals surface area contributed by atoms with Crippen molar-refractivity contribution in [1.82, 2.24) is 4.90 Å². The largest absolute Gasteiger partial charge is 0.481 e. The average Bonchev–Trinajstić information content (AvgIpc) is 2.60. The highest BCUT2D eigenvalue weighted by Crippen LogP contribution is 2.19. The summed E-state index contributed by atoms with van der Waals surface area (Å²) >= 11 is 0. The number of rotatable bonds is 6. The van der Waals surface area contributed by atoms with Gasteiger partial charge in [0.2, 0.25) is 5.91 Å². The maximum absolute atomic E-state index is 12.7. The first-order chi connectivity index (χ1) is 12.3. The topological polar surface area (TPSA) is 154 Å². The van der Waals surface area contributed by atoms with Crippen LogP contribution in [-0.4, -0.2) is 55.3 Å². The van der Waals surface area contributed by atoms with Gasteiger partial charge in [-0.15, -0.1) is 0 Å². The fraction of sp³-hybridized carbons (Fsp3) is 0.438. The summed E-state index contributed by atoms with van der Waals surface area (Å²) in [7, 11) is -2.78. The number of carbonyl (C=O) groups excluding carboxylic acids is 1. The predicted octanol–water partition coefficient (Wildman–Crippen LogP) is 0.268. The summed E-state index contributed by atoms with van der Waals surface area (Å²) in [4.78, 5) is 25.3. The molecule has 0 saturated carbocycles. The number of hydrogen-bond donors (Lipinski definition) is 3. The van der Waals surface area contributed by atoms with Gasteiger partial charge in [0.05, 0.1) is 5.92 Å². The number of piperidine rings is 1. The molecule has 0 spiro atoms. The van der Waals surface area contributed by atoms with Crippen LogP contribution >= 0.6 is 0 Å². The molecule has 0 aliphatic carbocycles. The van der Waals surface area contributed by atoms with E-state index in [2.05, 4.69) is 4.36 Å². The number of likely N-dealkylation sites (tertiary alicyclic amines) is 1. The minimum atomic E-state index is -2.78. The van der Waals surface area contributed by atoms with E-state index in [1.807, 2.05) is 0 Å². The van der Waals surface area contributed by atoms with Crippen LogP contribution < -0.4 is 5.73 Å². The van der Waals surface area contributed by atoms with Gasteiger partial charge in [-0.3, -0.25) is 15.0 Å². The molecule has 0 aromatic heterocycles. The SMILES string of the molecule is N=C(N)c1cccc(CC(N=S(=O)=O)C(=O)N2CCCC(C(=O)O)C2)c1. The Balaban J connectivity index is 2.23. The van der Waals surface area contributed by atoms with Gasteiger partial charge in [0.15, 0.2) is 0 Å². The molecule has 0 bridgehead atoms. The van der Waals surface area contributed by atoms with E-state index in [0.717, 1.165) is 0 Å². The number of carbonyl (C=O) groups is 2. The lowest BCUT2D eigenvalue weighted by Crippen LogP contribution is -2.46. The maximum atomic E-state index is 12.7. The molecule has 4 N–H and O–H groups in total. The number of hydrogen-bond acceptors (Lipinski definition) is 6. The summed E-state index contributed by atoms with van der Waals surface area (Å²) in [6.07, 6.45) is 1.03. The Labute approximate surface area is 152 Å². The van der Waals surface area contributed by atoms with Crippen molar-refractivity contribution in [1.29, 1.82) is 5.41 Å². The third-order valence-electron chi connectivity index (χ3n) is 4.25. The highest BCUT2D eigenvalue weighted by atomic mass is 32.2. The van der Waals surface area contributed by atoms with E-state index in [1.165, 1.54) is 4.90 Å². The van der Waals surface area contributed by atoms with Crippen LogP contribution in [-0.2, 0) is 26.5 Å². The number of nitrogens with two attached hydrogens (primary N) is 1. The molecular formula is C16H20N4O5S. The van der Waals surface area contributed by atoms with Crippen LogP contribution in [0, 0.1) is 11.3 Å². The zero-order valence-corrected chi connectivity index (χ0v) is 14.8. The molecule has 1 heterocycles. The van der Waals surface area contributed by atoms with E-state index in [-0.39, 0.29) is 18.8 Å². The molecule has 2 rings (SSSR count). The Morgan fingerprint density at radius 3 is 2.77 bits per heavy atom. The number of nitrogens with one attached hydrogen (secondary N) is 1. The number of nitrogens with zero attached hydrogens (tertiary/aromatic N) is 2. The fourth-order valence-electron chi connectivity index (χ4n) is 2.95. The molecule has 2 unspecified atom stereocenters. The molecule has 26 heavy (non-hydrogen) atoms. The van der Waals surface area contributed by atoms with Crippen LogP contribution in [0.2, 0.25) is 0 Å². The summed E-state index contributed by atoms with van der Waals surface area (Å²) in [6, 6.07) is 5.40. The Hall–Kier alpha value is -2.75. The molecule has 1 aromatic carbocycles. The zero-order valence-electron chi connectivity index (χ0n) is 14.0. The van der Waals surface area contributed by atoms with Gasteiger partial charge in [-0.1, -0.05) is 18.2 Å². The zero-order chi connectivity index (χ0) is 19.3. The first kappa shape index (κ1) is 19.6. The Kier molecular flexibility index (Phi) is 6.45. The molecule has 1 aliphatic rings. The summed E-state index contributed by atoms with van der Waals surface area (Å²) in [5.41, 5.74) is 6.51. The Bertz CT molecular complexity index is 844. The number of amidine groups is 1. The van der Waals surface area contributed by atoms with Crippen molar-refractivity contribution in [3.63, 3.8) is 0 Å². The van der Waals surface area contributed by atoms with Crippen LogP contribution in [0.25, 0.3) is 0 Å². The molecule has 1 aromatic rings. The van der Waals surface area contributed by atoms with Gasteiger partial charge in [0.25, 0.3) is 0 Å². The van der Waals surface area contributed by atoms with Crippen molar-refractivity contribution in [2.24, 2.45) is 16.0 Å². The van der Waals surface area contributed by atoms with Crippen LogP contribution in [0.1, 0.15) is 24.0 Å². The van der Waals surface area contributed by atoms with Gasteiger partial charge in [0, 0.05) is 25.1 Å². The number of carboxylic acid groups (broad SMARTS) is 1. The second-order valence-electron chi connectivity index (χ2n) is 6.12. The number of carboxylic acids is 1. The molecule has 1 amide bonds. The fourth-order valence-corrected chi connectivity index (χ4v) is 3.32. The number of nitrogen functional groups attached to an aromatic ring is 1. The molecule has 1 fully saturated rings. The Morgan fingerprint density at radius 1 is 1.42 bits per heavy atom. The van der Waals surface area contributed by atoms with Gasteiger partial charge in [-0.2, -0.15) is 12.8 Å². The summed E-state index contributed by atoms with van der Waals surface area (Å²) in [5.74, 6) is -2.29. The van der Waals surface area contributed by atoms with Gasteiger partial charge in [-0.25, -0.2) is 0 Å². The summed E-state index contributed by atoms with van der Waals surface area (Å²) < 4.78 is 25.6. The quantitative estimate of drug-likeness (QED) is 0.475. The van der Waals surface area contributed by atoms with E-state index in [1.54, 1.807) is 24.3 Å². The molecule has 9 nitrogen and oxygen atoms in total. The summed E-state index contributed by atoms with van der Waals surface area (Å²) in [6.45, 7) is 0.409. The van der Waals surface area contributed by atoms with Crippen LogP contribution in [0.3, 0.4) is 0 Å². The minimum absolute atomic E-state index is 0.0160. The summed E-state index contributed by atoms with van der Waals surface area (Å²) in [5, 5.41) is 16.6. The van der Waals surface area contributed by atoms with E-state index in [9.17, 15) is 18.0 Å². The van der Waals surface area contributed by atoms with Gasteiger partial charge >= 0.3 is 16.5 Å². The monoisotopic (exact) mass is 380 g/mol. The molecule has 140 valence electrons. The second kappa shape index (κ2) is 8.56. The van der Waals surface area contributed by atoms with Crippen LogP contribution in [0.4, 0.5) is 0 Å². The lowest BCUT2D eigenvalue weighted by atomic mass is 9.96. The highest BCUT2D eigenvalue weighted by molar-refractivity contribution is 7.61. The van der Waals surface area contributed by atoms with Crippen molar-refractivity contribution < 1.29 is 23.1 Å². The number of amides is 1. The highest BCUT2D eigenvalue weighted by Gasteiger charge is 2.32. The van der Waals surface area contributed by atoms with Crippen molar-refractivity contribution in [2.75, 3.05) is 13.1 Å². The standard InChI is InChI=1S/C16H20N4O5S/c17-14(18)11-4-1-3-10(7-11)8-13(19-26(24)25)15(21)20-6-2-5-12(9-20)16(22)23/h1,3-4,7,12-13H,2,5-6,8-9H2,(H3,17,18)(H,22,23). The van der Waals surface area contributed by atoms with Gasteiger partial charge < -0.3 is 15.7 Å². The molecule has 10 heteroatoms. The van der Waals surface area contributed by atoms with E-state index < -0.39 is 34.3 Å². The second-order valence-corrected chi connectivity index (χ2v) is 6.76. The van der Waals surface area contributed by atoms with Crippen molar-refractivity contribution >= 4 is 28.2 Å². The van der Waals surface area contributed by atoms with Crippen molar-refractivity contribution in [3.05, 3.63) is 35.4 Å². The number of benzene rings is 1. The lowest BCUT2D eigenvalue weighted by molar-refractivity contribution is -0.146. The first-order valence-electron chi connectivity index (χ1n) is 8.03. The van der Waals surface area contributed by atoms with Crippen LogP contribution in [0.15, 0.2) is 28.6 Å². The maximum Gasteiger partial charge on any atom is 0.311 e. The molecule has 1 saturated heterocycles. The molecule has 0 radical (unpaired) electrons. The van der Waals surface area contributed by atoms with Gasteiger partial charge in [-0.05, 0) is 24.5 Å². The van der Waals surface area contributed by atoms with E-state index in [0.29, 0.717) is 30.5 Å². The number of aliphatic carboxylic acids is 1. The lowest BCUT2D eigenvalue weighted by Gasteiger charge is -2.32. The van der Waals surface area contributed by atoms with Crippen LogP contribution in [0.5, 0.6) is 0 Å². The minimum Gasteiger partial charge on any atom is -0.481 e. The van der Waals surface area contributed by atoms with Gasteiger partial charge in [0.1, 0.15) is 11.9 Å². The predicted molar refractivity (Wildman–Crippen MR) is 93.2 cm³/mol. The molecular weight excluding hydrogens is 360 g/mol. The smallest absolute Gasteiger partial charge is 0.311 e. The molecule has 2 atom stereocenters.